The van der Waals surface area contributed by atoms with Crippen molar-refractivity contribution < 1.29 is 4.92 Å². The lowest BCUT2D eigenvalue weighted by molar-refractivity contribution is -0.387. The Hall–Kier alpha value is -2.95. The van der Waals surface area contributed by atoms with Crippen molar-refractivity contribution in [2.45, 2.75) is 20.0 Å². The molecule has 0 amide bonds. The molecule has 0 spiro atoms. The van der Waals surface area contributed by atoms with Gasteiger partial charge in [0.2, 0.25) is 0 Å². The first-order valence-corrected chi connectivity index (χ1v) is 14.2. The van der Waals surface area contributed by atoms with Gasteiger partial charge < -0.3 is 0 Å². The van der Waals surface area contributed by atoms with Crippen LogP contribution < -0.4 is 0 Å². The first-order chi connectivity index (χ1) is 17.9. The summed E-state index contributed by atoms with van der Waals surface area (Å²) in [5.41, 5.74) is 3.23. The van der Waals surface area contributed by atoms with Crippen LogP contribution in [0.25, 0.3) is 10.2 Å². The van der Waals surface area contributed by atoms with Crippen molar-refractivity contribution in [3.8, 4) is 0 Å². The number of hydrogen-bond donors (Lipinski definition) is 0. The van der Waals surface area contributed by atoms with Crippen LogP contribution in [0.15, 0.2) is 98.2 Å². The van der Waals surface area contributed by atoms with Crippen molar-refractivity contribution in [3.05, 3.63) is 110 Å². The zero-order valence-corrected chi connectivity index (χ0v) is 22.8. The minimum absolute atomic E-state index is 0.0129. The second-order valence-electron chi connectivity index (χ2n) is 7.67. The van der Waals surface area contributed by atoms with E-state index in [4.69, 9.17) is 23.2 Å². The molecule has 2 heterocycles. The van der Waals surface area contributed by atoms with Crippen molar-refractivity contribution in [1.29, 1.82) is 0 Å². The Morgan fingerprint density at radius 1 is 1.05 bits per heavy atom. The van der Waals surface area contributed by atoms with Crippen LogP contribution in [0.4, 0.5) is 11.4 Å². The molecule has 0 aliphatic heterocycles. The molecule has 0 saturated heterocycles. The van der Waals surface area contributed by atoms with Gasteiger partial charge in [0, 0.05) is 34.3 Å². The van der Waals surface area contributed by atoms with Crippen LogP contribution in [0.3, 0.4) is 0 Å². The molecule has 37 heavy (non-hydrogen) atoms. The molecule has 11 heteroatoms. The van der Waals surface area contributed by atoms with Crippen LogP contribution in [-0.2, 0) is 5.75 Å². The first kappa shape index (κ1) is 25.7. The van der Waals surface area contributed by atoms with Gasteiger partial charge in [0.05, 0.1) is 25.7 Å². The number of thioether (sulfide) groups is 1. The highest BCUT2D eigenvalue weighted by atomic mass is 35.5. The molecule has 5 aromatic rings. The number of thiazole rings is 1. The Morgan fingerprint density at radius 2 is 1.95 bits per heavy atom. The molecule has 5 rings (SSSR count). The van der Waals surface area contributed by atoms with Gasteiger partial charge >= 0.3 is 0 Å². The Kier molecular flexibility index (Phi) is 8.07. The summed E-state index contributed by atoms with van der Waals surface area (Å²) in [6, 6.07) is 21.7. The number of aromatic nitrogens is 2. The number of nitro groups is 1. The molecular weight excluding hydrogens is 567 g/mol. The Morgan fingerprint density at radius 3 is 2.76 bits per heavy atom. The van der Waals surface area contributed by atoms with E-state index in [-0.39, 0.29) is 10.6 Å². The maximum absolute atomic E-state index is 11.7. The monoisotopic (exact) mass is 582 g/mol. The van der Waals surface area contributed by atoms with Gasteiger partial charge in [-0.1, -0.05) is 58.9 Å². The van der Waals surface area contributed by atoms with Gasteiger partial charge in [-0.05, 0) is 65.7 Å². The van der Waals surface area contributed by atoms with Gasteiger partial charge in [-0.3, -0.25) is 15.1 Å². The fraction of sp³-hybridized carbons (Fsp3) is 0.0385. The average Bonchev–Trinajstić information content (AvgIpc) is 3.31. The Labute approximate surface area is 234 Å². The fourth-order valence-corrected chi connectivity index (χ4v) is 6.75. The van der Waals surface area contributed by atoms with E-state index in [0.717, 1.165) is 25.8 Å². The molecule has 2 aromatic heterocycles. The van der Waals surface area contributed by atoms with Crippen molar-refractivity contribution in [2.24, 2.45) is 4.99 Å². The van der Waals surface area contributed by atoms with Gasteiger partial charge in [-0.15, -0.1) is 11.3 Å². The van der Waals surface area contributed by atoms with E-state index in [1.165, 1.54) is 17.8 Å². The predicted molar refractivity (Wildman–Crippen MR) is 154 cm³/mol. The van der Waals surface area contributed by atoms with E-state index in [9.17, 15) is 10.1 Å². The fourth-order valence-electron chi connectivity index (χ4n) is 3.34. The highest BCUT2D eigenvalue weighted by Gasteiger charge is 2.16. The molecule has 0 radical (unpaired) electrons. The van der Waals surface area contributed by atoms with Gasteiger partial charge in [-0.2, -0.15) is 0 Å². The van der Waals surface area contributed by atoms with Crippen molar-refractivity contribution in [2.75, 3.05) is 0 Å². The number of benzene rings is 3. The van der Waals surface area contributed by atoms with Gasteiger partial charge in [0.25, 0.3) is 5.69 Å². The van der Waals surface area contributed by atoms with Crippen LogP contribution >= 0.6 is 58.1 Å². The van der Waals surface area contributed by atoms with E-state index in [1.807, 2.05) is 42.5 Å². The lowest BCUT2D eigenvalue weighted by Crippen LogP contribution is -1.93. The van der Waals surface area contributed by atoms with Crippen molar-refractivity contribution >= 4 is 85.9 Å². The number of fused-ring (bicyclic) bond motifs is 1. The molecule has 3 aromatic carbocycles. The maximum atomic E-state index is 11.7. The lowest BCUT2D eigenvalue weighted by atomic mass is 10.2. The third-order valence-electron chi connectivity index (χ3n) is 5.11. The van der Waals surface area contributed by atoms with Crippen molar-refractivity contribution in [1.82, 2.24) is 9.97 Å². The second-order valence-corrected chi connectivity index (χ2v) is 11.8. The summed E-state index contributed by atoms with van der Waals surface area (Å²) < 4.78 is 1.92. The van der Waals surface area contributed by atoms with Gasteiger partial charge in [0.15, 0.2) is 4.34 Å². The quantitative estimate of drug-likeness (QED) is 0.0784. The summed E-state index contributed by atoms with van der Waals surface area (Å²) in [7, 11) is 0. The maximum Gasteiger partial charge on any atom is 0.283 e. The number of halogens is 2. The summed E-state index contributed by atoms with van der Waals surface area (Å²) >= 11 is 16.8. The topological polar surface area (TPSA) is 81.3 Å². The third-order valence-corrected chi connectivity index (χ3v) is 8.94. The number of rotatable bonds is 8. The molecule has 0 aliphatic carbocycles. The number of nitro benzene ring substituents is 1. The van der Waals surface area contributed by atoms with Gasteiger partial charge in [0.1, 0.15) is 5.03 Å². The highest BCUT2D eigenvalue weighted by molar-refractivity contribution is 8.00. The van der Waals surface area contributed by atoms with Crippen LogP contribution in [0.5, 0.6) is 0 Å². The van der Waals surface area contributed by atoms with Crippen LogP contribution in [0.2, 0.25) is 10.0 Å². The Balaban J connectivity index is 1.31. The zero-order valence-electron chi connectivity index (χ0n) is 18.9. The Bertz CT molecular complexity index is 1630. The molecular formula is C26H16Cl2N4O2S3. The van der Waals surface area contributed by atoms with Crippen LogP contribution in [0, 0.1) is 10.1 Å². The summed E-state index contributed by atoms with van der Waals surface area (Å²) in [6.45, 7) is 0. The van der Waals surface area contributed by atoms with Gasteiger partial charge in [-0.25, -0.2) is 9.97 Å². The van der Waals surface area contributed by atoms with E-state index >= 15 is 0 Å². The average molecular weight is 584 g/mol. The number of hydrogen-bond acceptors (Lipinski definition) is 8. The SMILES string of the molecule is O=[N+]([O-])c1cc(C=Nc2ccc3nc(SCc4cc(Cl)ccc4Cl)sc3c2)ccc1Sc1ccccn1. The molecule has 0 unspecified atom stereocenters. The molecule has 184 valence electrons. The molecule has 0 saturated carbocycles. The number of aliphatic imine (C=N–C) groups is 1. The summed E-state index contributed by atoms with van der Waals surface area (Å²) in [5, 5.41) is 13.7. The second kappa shape index (κ2) is 11.6. The van der Waals surface area contributed by atoms with E-state index < -0.39 is 0 Å². The standard InChI is InChI=1S/C26H16Cl2N4O2S3/c27-18-5-7-20(28)17(12-18)15-35-26-31-21-8-6-19(13-24(21)37-26)30-14-16-4-9-23(22(11-16)32(33)34)36-25-3-1-2-10-29-25/h1-14H,15H2. The molecule has 0 aliphatic rings. The molecule has 0 fully saturated rings. The zero-order chi connectivity index (χ0) is 25.8. The first-order valence-electron chi connectivity index (χ1n) is 10.8. The van der Waals surface area contributed by atoms with E-state index in [1.54, 1.807) is 59.8 Å². The predicted octanol–water partition coefficient (Wildman–Crippen LogP) is 9.10. The summed E-state index contributed by atoms with van der Waals surface area (Å²) in [5.74, 6) is 0.664. The smallest absolute Gasteiger partial charge is 0.258 e. The third kappa shape index (κ3) is 6.49. The summed E-state index contributed by atoms with van der Waals surface area (Å²) in [4.78, 5) is 25.3. The minimum atomic E-state index is -0.387. The van der Waals surface area contributed by atoms with E-state index in [0.29, 0.717) is 31.3 Å². The summed E-state index contributed by atoms with van der Waals surface area (Å²) in [6.07, 6.45) is 3.28. The van der Waals surface area contributed by atoms with Crippen molar-refractivity contribution in [3.63, 3.8) is 0 Å². The lowest BCUT2D eigenvalue weighted by Gasteiger charge is -2.03. The molecule has 0 N–H and O–H groups in total. The molecule has 6 nitrogen and oxygen atoms in total. The minimum Gasteiger partial charge on any atom is -0.258 e. The number of pyridine rings is 1. The molecule has 0 bridgehead atoms. The van der Waals surface area contributed by atoms with E-state index in [2.05, 4.69) is 15.0 Å². The van der Waals surface area contributed by atoms with Crippen LogP contribution in [-0.4, -0.2) is 21.1 Å². The van der Waals surface area contributed by atoms with Crippen LogP contribution in [0.1, 0.15) is 11.1 Å². The number of nitrogens with zero attached hydrogens (tertiary/aromatic N) is 4. The highest BCUT2D eigenvalue weighted by Crippen LogP contribution is 2.36. The largest absolute Gasteiger partial charge is 0.283 e. The normalized spacial score (nSPS) is 11.4. The molecule has 0 atom stereocenters.